The Balaban J connectivity index is 2.35. The van der Waals surface area contributed by atoms with E-state index in [1.165, 1.54) is 11.4 Å². The molecule has 0 saturated carbocycles. The molecule has 0 atom stereocenters. The second kappa shape index (κ2) is 6.74. The van der Waals surface area contributed by atoms with E-state index in [9.17, 15) is 8.42 Å². The van der Waals surface area contributed by atoms with Gasteiger partial charge in [-0.3, -0.25) is 0 Å². The number of benzene rings is 1. The molecule has 1 aromatic rings. The smallest absolute Gasteiger partial charge is 0.246 e. The van der Waals surface area contributed by atoms with Crippen molar-refractivity contribution in [1.29, 1.82) is 0 Å². The molecule has 118 valence electrons. The van der Waals surface area contributed by atoms with E-state index in [0.29, 0.717) is 25.4 Å². The molecule has 1 heterocycles. The predicted molar refractivity (Wildman–Crippen MR) is 82.0 cm³/mol. The number of hydrogen-bond acceptors (Lipinski definition) is 5. The van der Waals surface area contributed by atoms with Crippen LogP contribution < -0.4 is 10.1 Å². The van der Waals surface area contributed by atoms with Gasteiger partial charge in [0.05, 0.1) is 7.11 Å². The number of likely N-dealkylation sites (N-methyl/N-ethyl adjacent to an activating group) is 1. The number of methoxy groups -OCH3 is 1. The number of nitrogens with one attached hydrogen (secondary N) is 1. The van der Waals surface area contributed by atoms with E-state index in [0.717, 1.165) is 18.7 Å². The van der Waals surface area contributed by atoms with Gasteiger partial charge in [-0.15, -0.1) is 0 Å². The molecule has 0 amide bonds. The van der Waals surface area contributed by atoms with Crippen molar-refractivity contribution in [3.63, 3.8) is 0 Å². The van der Waals surface area contributed by atoms with Crippen molar-refractivity contribution in [2.45, 2.75) is 11.4 Å². The zero-order valence-corrected chi connectivity index (χ0v) is 13.6. The summed E-state index contributed by atoms with van der Waals surface area (Å²) in [5.41, 5.74) is 0.922. The van der Waals surface area contributed by atoms with Gasteiger partial charge in [0, 0.05) is 32.7 Å². The van der Waals surface area contributed by atoms with Gasteiger partial charge in [0.2, 0.25) is 10.0 Å². The summed E-state index contributed by atoms with van der Waals surface area (Å²) >= 11 is 0. The first kappa shape index (κ1) is 16.2. The molecule has 2 rings (SSSR count). The van der Waals surface area contributed by atoms with Crippen LogP contribution in [0.3, 0.4) is 0 Å². The molecular formula is C14H23N3O3S. The van der Waals surface area contributed by atoms with Crippen molar-refractivity contribution in [2.75, 3.05) is 47.4 Å². The largest absolute Gasteiger partial charge is 0.495 e. The summed E-state index contributed by atoms with van der Waals surface area (Å²) in [6.07, 6.45) is 0. The number of ether oxygens (including phenoxy) is 1. The third-order valence-corrected chi connectivity index (χ3v) is 5.61. The van der Waals surface area contributed by atoms with Crippen molar-refractivity contribution in [1.82, 2.24) is 14.5 Å². The Morgan fingerprint density at radius 2 is 1.90 bits per heavy atom. The Hall–Kier alpha value is -1.15. The molecule has 1 aromatic carbocycles. The fraction of sp³-hybridized carbons (Fsp3) is 0.571. The molecule has 1 aliphatic rings. The number of hydrogen-bond donors (Lipinski definition) is 1. The van der Waals surface area contributed by atoms with Crippen LogP contribution in [0.1, 0.15) is 5.56 Å². The zero-order valence-electron chi connectivity index (χ0n) is 12.8. The van der Waals surface area contributed by atoms with E-state index in [1.54, 1.807) is 12.1 Å². The van der Waals surface area contributed by atoms with Gasteiger partial charge in [-0.2, -0.15) is 4.31 Å². The van der Waals surface area contributed by atoms with Crippen LogP contribution in [0.2, 0.25) is 0 Å². The van der Waals surface area contributed by atoms with Gasteiger partial charge in [0.15, 0.2) is 0 Å². The van der Waals surface area contributed by atoms with Gasteiger partial charge < -0.3 is 15.0 Å². The summed E-state index contributed by atoms with van der Waals surface area (Å²) in [6, 6.07) is 5.29. The second-order valence-electron chi connectivity index (χ2n) is 5.22. The van der Waals surface area contributed by atoms with Crippen LogP contribution in [0.5, 0.6) is 5.75 Å². The Morgan fingerprint density at radius 1 is 1.24 bits per heavy atom. The lowest BCUT2D eigenvalue weighted by Crippen LogP contribution is -2.47. The highest BCUT2D eigenvalue weighted by molar-refractivity contribution is 7.89. The number of sulfonamides is 1. The minimum Gasteiger partial charge on any atom is -0.495 e. The average molecular weight is 313 g/mol. The molecule has 7 heteroatoms. The van der Waals surface area contributed by atoms with Crippen LogP contribution in [0.4, 0.5) is 0 Å². The lowest BCUT2D eigenvalue weighted by Gasteiger charge is -2.31. The summed E-state index contributed by atoms with van der Waals surface area (Å²) in [5.74, 6) is 0.397. The van der Waals surface area contributed by atoms with Gasteiger partial charge in [0.25, 0.3) is 0 Å². The monoisotopic (exact) mass is 313 g/mol. The zero-order chi connectivity index (χ0) is 15.5. The van der Waals surface area contributed by atoms with Gasteiger partial charge in [0.1, 0.15) is 10.6 Å². The quantitative estimate of drug-likeness (QED) is 0.850. The highest BCUT2D eigenvalue weighted by Gasteiger charge is 2.30. The summed E-state index contributed by atoms with van der Waals surface area (Å²) in [7, 11) is 1.81. The summed E-state index contributed by atoms with van der Waals surface area (Å²) in [4.78, 5) is 2.38. The Labute approximate surface area is 126 Å². The molecular weight excluding hydrogens is 290 g/mol. The third kappa shape index (κ3) is 3.55. The first-order chi connectivity index (χ1) is 9.98. The minimum atomic E-state index is -3.52. The van der Waals surface area contributed by atoms with Crippen molar-refractivity contribution in [3.8, 4) is 5.75 Å². The normalized spacial score (nSPS) is 17.9. The molecule has 0 aromatic heterocycles. The second-order valence-corrected chi connectivity index (χ2v) is 7.13. The van der Waals surface area contributed by atoms with E-state index in [2.05, 4.69) is 10.2 Å². The summed E-state index contributed by atoms with van der Waals surface area (Å²) < 4.78 is 32.5. The molecule has 0 unspecified atom stereocenters. The van der Waals surface area contributed by atoms with E-state index in [4.69, 9.17) is 4.74 Å². The maximum atomic E-state index is 12.8. The molecule has 0 aliphatic carbocycles. The average Bonchev–Trinajstić information content (AvgIpc) is 2.48. The Morgan fingerprint density at radius 3 is 2.48 bits per heavy atom. The van der Waals surface area contributed by atoms with Gasteiger partial charge >= 0.3 is 0 Å². The molecule has 1 fully saturated rings. The maximum Gasteiger partial charge on any atom is 0.246 e. The lowest BCUT2D eigenvalue weighted by molar-refractivity contribution is 0.222. The third-order valence-electron chi connectivity index (χ3n) is 3.69. The minimum absolute atomic E-state index is 0.252. The molecule has 0 bridgehead atoms. The van der Waals surface area contributed by atoms with Gasteiger partial charge in [-0.25, -0.2) is 8.42 Å². The van der Waals surface area contributed by atoms with E-state index >= 15 is 0 Å². The van der Waals surface area contributed by atoms with Crippen LogP contribution in [0, 0.1) is 0 Å². The van der Waals surface area contributed by atoms with Crippen molar-refractivity contribution < 1.29 is 13.2 Å². The summed E-state index contributed by atoms with van der Waals surface area (Å²) in [6.45, 7) is 3.14. The molecule has 6 nitrogen and oxygen atoms in total. The fourth-order valence-electron chi connectivity index (χ4n) is 2.40. The van der Waals surface area contributed by atoms with Crippen molar-refractivity contribution >= 4 is 10.0 Å². The van der Waals surface area contributed by atoms with Gasteiger partial charge in [-0.1, -0.05) is 6.07 Å². The standard InChI is InChI=1S/C14H23N3O3S/c1-15-11-12-4-5-13(20-3)14(10-12)21(18,19)17-8-6-16(2)7-9-17/h4-5,10,15H,6-9,11H2,1-3H3. The SMILES string of the molecule is CNCc1ccc(OC)c(S(=O)(=O)N2CCN(C)CC2)c1. The molecule has 1 aliphatic heterocycles. The Bertz CT molecular complexity index is 581. The van der Waals surface area contributed by atoms with E-state index in [1.807, 2.05) is 20.2 Å². The predicted octanol–water partition coefficient (Wildman–Crippen LogP) is 0.351. The summed E-state index contributed by atoms with van der Waals surface area (Å²) in [5, 5.41) is 3.03. The van der Waals surface area contributed by atoms with E-state index < -0.39 is 10.0 Å². The topological polar surface area (TPSA) is 61.9 Å². The van der Waals surface area contributed by atoms with Crippen LogP contribution in [-0.4, -0.2) is 65.0 Å². The highest BCUT2D eigenvalue weighted by atomic mass is 32.2. The molecule has 1 N–H and O–H groups in total. The number of nitrogens with zero attached hydrogens (tertiary/aromatic N) is 2. The van der Waals surface area contributed by atoms with Crippen LogP contribution in [0.25, 0.3) is 0 Å². The highest BCUT2D eigenvalue weighted by Crippen LogP contribution is 2.28. The first-order valence-electron chi connectivity index (χ1n) is 6.99. The Kier molecular flexibility index (Phi) is 5.21. The maximum absolute atomic E-state index is 12.8. The molecule has 0 radical (unpaired) electrons. The molecule has 1 saturated heterocycles. The number of rotatable bonds is 5. The van der Waals surface area contributed by atoms with Crippen molar-refractivity contribution in [2.24, 2.45) is 0 Å². The van der Waals surface area contributed by atoms with Crippen LogP contribution >= 0.6 is 0 Å². The van der Waals surface area contributed by atoms with Gasteiger partial charge in [-0.05, 0) is 31.8 Å². The van der Waals surface area contributed by atoms with E-state index in [-0.39, 0.29) is 4.90 Å². The van der Waals surface area contributed by atoms with Crippen LogP contribution in [-0.2, 0) is 16.6 Å². The molecule has 0 spiro atoms. The number of piperazine rings is 1. The van der Waals surface area contributed by atoms with Crippen LogP contribution in [0.15, 0.2) is 23.1 Å². The van der Waals surface area contributed by atoms with Crippen molar-refractivity contribution in [3.05, 3.63) is 23.8 Å². The lowest BCUT2D eigenvalue weighted by atomic mass is 10.2. The first-order valence-corrected chi connectivity index (χ1v) is 8.43. The molecule has 21 heavy (non-hydrogen) atoms. The fourth-order valence-corrected chi connectivity index (χ4v) is 4.03.